The maximum atomic E-state index is 14.1. The zero-order valence-corrected chi connectivity index (χ0v) is 25.2. The molecule has 0 saturated heterocycles. The van der Waals surface area contributed by atoms with Gasteiger partial charge in [0.2, 0.25) is 11.8 Å². The Kier molecular flexibility index (Phi) is 9.86. The van der Waals surface area contributed by atoms with Crippen LogP contribution < -0.4 is 9.62 Å². The minimum atomic E-state index is -4.08. The molecule has 0 aliphatic heterocycles. The second kappa shape index (κ2) is 13.3. The van der Waals surface area contributed by atoms with Crippen molar-refractivity contribution < 1.29 is 18.0 Å². The van der Waals surface area contributed by atoms with E-state index in [-0.39, 0.29) is 29.3 Å². The predicted octanol–water partition coefficient (Wildman–Crippen LogP) is 5.79. The van der Waals surface area contributed by atoms with Crippen LogP contribution in [0.15, 0.2) is 83.8 Å². The van der Waals surface area contributed by atoms with Crippen molar-refractivity contribution in [3.05, 3.63) is 95.6 Å². The van der Waals surface area contributed by atoms with Gasteiger partial charge in [-0.2, -0.15) is 0 Å². The Balaban J connectivity index is 1.68. The van der Waals surface area contributed by atoms with E-state index in [1.165, 1.54) is 4.90 Å². The number of hydrogen-bond acceptors (Lipinski definition) is 4. The molecule has 3 aromatic carbocycles. The van der Waals surface area contributed by atoms with E-state index in [0.29, 0.717) is 5.69 Å². The molecular formula is C33H41N3O4S. The number of sulfonamides is 1. The Morgan fingerprint density at radius 2 is 1.49 bits per heavy atom. The van der Waals surface area contributed by atoms with Gasteiger partial charge in [0.25, 0.3) is 10.0 Å². The number of rotatable bonds is 11. The van der Waals surface area contributed by atoms with Gasteiger partial charge >= 0.3 is 0 Å². The highest BCUT2D eigenvalue weighted by molar-refractivity contribution is 7.92. The van der Waals surface area contributed by atoms with Crippen molar-refractivity contribution in [3.63, 3.8) is 0 Å². The summed E-state index contributed by atoms with van der Waals surface area (Å²) >= 11 is 0. The molecule has 4 rings (SSSR count). The normalized spacial score (nSPS) is 14.6. The average molecular weight is 576 g/mol. The standard InChI is InChI=1S/C33H41N3O4S/c1-24(2)28-16-18-30(19-17-28)36(41(39,40)31-20-14-25(3)15-21-31)23-32(37)35(22-27-10-6-5-7-11-27)26(4)33(38)34-29-12-8-9-13-29/h5-7,10-11,14-21,24,26,29H,8-9,12-13,22-23H2,1-4H3,(H,34,38)/t26-/m1/s1. The fraction of sp³-hybridized carbons (Fsp3) is 0.394. The van der Waals surface area contributed by atoms with Crippen molar-refractivity contribution in [2.24, 2.45) is 0 Å². The number of hydrogen-bond donors (Lipinski definition) is 1. The molecule has 1 aliphatic rings. The van der Waals surface area contributed by atoms with E-state index in [0.717, 1.165) is 46.7 Å². The number of aryl methyl sites for hydroxylation is 1. The Labute approximate surface area is 244 Å². The third kappa shape index (κ3) is 7.55. The maximum Gasteiger partial charge on any atom is 0.264 e. The van der Waals surface area contributed by atoms with E-state index in [9.17, 15) is 18.0 Å². The molecule has 1 N–H and O–H groups in total. The summed E-state index contributed by atoms with van der Waals surface area (Å²) in [5.74, 6) is -0.407. The summed E-state index contributed by atoms with van der Waals surface area (Å²) in [6.45, 7) is 7.48. The number of benzene rings is 3. The van der Waals surface area contributed by atoms with Crippen molar-refractivity contribution in [2.75, 3.05) is 10.8 Å². The first-order chi connectivity index (χ1) is 19.6. The quantitative estimate of drug-likeness (QED) is 0.314. The molecule has 7 nitrogen and oxygen atoms in total. The summed E-state index contributed by atoms with van der Waals surface area (Å²) in [4.78, 5) is 29.0. The molecule has 0 unspecified atom stereocenters. The van der Waals surface area contributed by atoms with Crippen LogP contribution in [0.25, 0.3) is 0 Å². The summed E-state index contributed by atoms with van der Waals surface area (Å²) in [6.07, 6.45) is 4.01. The van der Waals surface area contributed by atoms with Gasteiger partial charge in [-0.25, -0.2) is 8.42 Å². The lowest BCUT2D eigenvalue weighted by molar-refractivity contribution is -0.139. The van der Waals surface area contributed by atoms with Crippen LogP contribution >= 0.6 is 0 Å². The molecule has 41 heavy (non-hydrogen) atoms. The second-order valence-corrected chi connectivity index (χ2v) is 13.1. The van der Waals surface area contributed by atoms with E-state index in [1.54, 1.807) is 43.3 Å². The first-order valence-electron chi connectivity index (χ1n) is 14.4. The number of nitrogens with zero attached hydrogens (tertiary/aromatic N) is 2. The maximum absolute atomic E-state index is 14.1. The van der Waals surface area contributed by atoms with E-state index in [4.69, 9.17) is 0 Å². The van der Waals surface area contributed by atoms with Crippen molar-refractivity contribution in [1.82, 2.24) is 10.2 Å². The third-order valence-electron chi connectivity index (χ3n) is 7.80. The van der Waals surface area contributed by atoms with Gasteiger partial charge in [0.05, 0.1) is 10.6 Å². The monoisotopic (exact) mass is 575 g/mol. The molecule has 0 spiro atoms. The van der Waals surface area contributed by atoms with Crippen LogP contribution in [0.5, 0.6) is 0 Å². The van der Waals surface area contributed by atoms with Gasteiger partial charge in [-0.1, -0.05) is 86.8 Å². The van der Waals surface area contributed by atoms with Gasteiger partial charge in [0.1, 0.15) is 12.6 Å². The highest BCUT2D eigenvalue weighted by Crippen LogP contribution is 2.27. The van der Waals surface area contributed by atoms with Gasteiger partial charge in [0.15, 0.2) is 0 Å². The zero-order chi connectivity index (χ0) is 29.6. The van der Waals surface area contributed by atoms with E-state index in [1.807, 2.05) is 49.4 Å². The summed E-state index contributed by atoms with van der Waals surface area (Å²) in [5.41, 5.74) is 3.25. The van der Waals surface area contributed by atoms with Crippen LogP contribution in [0.2, 0.25) is 0 Å². The van der Waals surface area contributed by atoms with E-state index in [2.05, 4.69) is 19.2 Å². The highest BCUT2D eigenvalue weighted by Gasteiger charge is 2.33. The van der Waals surface area contributed by atoms with Crippen LogP contribution in [0.3, 0.4) is 0 Å². The lowest BCUT2D eigenvalue weighted by atomic mass is 10.0. The van der Waals surface area contributed by atoms with Crippen LogP contribution in [-0.2, 0) is 26.2 Å². The van der Waals surface area contributed by atoms with Crippen LogP contribution in [0, 0.1) is 6.92 Å². The summed E-state index contributed by atoms with van der Waals surface area (Å²) in [5, 5.41) is 3.10. The molecule has 1 aliphatic carbocycles. The minimum Gasteiger partial charge on any atom is -0.352 e. The number of carbonyl (C=O) groups is 2. The first kappa shape index (κ1) is 30.3. The average Bonchev–Trinajstić information content (AvgIpc) is 3.48. The van der Waals surface area contributed by atoms with E-state index >= 15 is 0 Å². The van der Waals surface area contributed by atoms with Crippen LogP contribution in [0.1, 0.15) is 69.1 Å². The summed E-state index contributed by atoms with van der Waals surface area (Å²) in [6, 6.07) is 22.6. The largest absolute Gasteiger partial charge is 0.352 e. The van der Waals surface area contributed by atoms with Crippen molar-refractivity contribution >= 4 is 27.5 Å². The number of anilines is 1. The van der Waals surface area contributed by atoms with Crippen molar-refractivity contribution in [3.8, 4) is 0 Å². The van der Waals surface area contributed by atoms with Gasteiger partial charge in [-0.15, -0.1) is 0 Å². The third-order valence-corrected chi connectivity index (χ3v) is 9.59. The summed E-state index contributed by atoms with van der Waals surface area (Å²) in [7, 11) is -4.08. The van der Waals surface area contributed by atoms with E-state index < -0.39 is 28.5 Å². The molecule has 0 radical (unpaired) electrons. The van der Waals surface area contributed by atoms with Gasteiger partial charge in [-0.3, -0.25) is 13.9 Å². The van der Waals surface area contributed by atoms with Gasteiger partial charge in [0, 0.05) is 12.6 Å². The number of carbonyl (C=O) groups excluding carboxylic acids is 2. The molecule has 218 valence electrons. The van der Waals surface area contributed by atoms with Crippen LogP contribution in [0.4, 0.5) is 5.69 Å². The minimum absolute atomic E-state index is 0.102. The Bertz CT molecular complexity index is 1420. The summed E-state index contributed by atoms with van der Waals surface area (Å²) < 4.78 is 29.1. The second-order valence-electron chi connectivity index (χ2n) is 11.2. The fourth-order valence-electron chi connectivity index (χ4n) is 5.15. The molecular weight excluding hydrogens is 534 g/mol. The molecule has 0 aromatic heterocycles. The molecule has 1 saturated carbocycles. The molecule has 2 amide bonds. The topological polar surface area (TPSA) is 86.8 Å². The molecule has 0 heterocycles. The van der Waals surface area contributed by atoms with Crippen LogP contribution in [-0.4, -0.2) is 43.8 Å². The molecule has 1 atom stereocenters. The zero-order valence-electron chi connectivity index (χ0n) is 24.4. The van der Waals surface area contributed by atoms with Crippen molar-refractivity contribution in [2.45, 2.75) is 82.8 Å². The number of nitrogens with one attached hydrogen (secondary N) is 1. The Morgan fingerprint density at radius 1 is 0.878 bits per heavy atom. The van der Waals surface area contributed by atoms with Gasteiger partial charge in [-0.05, 0) is 68.0 Å². The Morgan fingerprint density at radius 3 is 2.07 bits per heavy atom. The highest BCUT2D eigenvalue weighted by atomic mass is 32.2. The first-order valence-corrected chi connectivity index (χ1v) is 15.8. The van der Waals surface area contributed by atoms with Gasteiger partial charge < -0.3 is 10.2 Å². The predicted molar refractivity (Wildman–Crippen MR) is 163 cm³/mol. The lowest BCUT2D eigenvalue weighted by Gasteiger charge is -2.32. The Hall–Kier alpha value is -3.65. The van der Waals surface area contributed by atoms with Crippen molar-refractivity contribution in [1.29, 1.82) is 0 Å². The molecule has 8 heteroatoms. The molecule has 3 aromatic rings. The molecule has 1 fully saturated rings. The smallest absolute Gasteiger partial charge is 0.264 e. The lowest BCUT2D eigenvalue weighted by Crippen LogP contribution is -2.52. The molecule has 0 bridgehead atoms. The fourth-order valence-corrected chi connectivity index (χ4v) is 6.56. The number of amides is 2. The SMILES string of the molecule is Cc1ccc(S(=O)(=O)N(CC(=O)N(Cc2ccccc2)[C@H](C)C(=O)NC2CCCC2)c2ccc(C(C)C)cc2)cc1.